The second-order valence-electron chi connectivity index (χ2n) is 3.97. The van der Waals surface area contributed by atoms with Gasteiger partial charge in [0, 0.05) is 15.8 Å². The molecule has 0 heterocycles. The van der Waals surface area contributed by atoms with E-state index < -0.39 is 0 Å². The van der Waals surface area contributed by atoms with E-state index in [1.54, 1.807) is 24.3 Å². The monoisotopic (exact) mass is 250 g/mol. The zero-order valence-electron chi connectivity index (χ0n) is 9.74. The third-order valence-corrected chi connectivity index (χ3v) is 2.91. The van der Waals surface area contributed by atoms with Crippen LogP contribution in [-0.2, 0) is 0 Å². The van der Waals surface area contributed by atoms with Crippen molar-refractivity contribution in [1.82, 2.24) is 0 Å². The molecule has 0 saturated heterocycles. The van der Waals surface area contributed by atoms with Crippen molar-refractivity contribution in [3.05, 3.63) is 35.4 Å². The molecule has 0 unspecified atom stereocenters. The minimum absolute atomic E-state index is 0.250. The standard InChI is InChI=1S/C14H15ClO2/c1-2-3-8-17-14-7-6-13(16)11-5-4-10(15)9-12(11)14/h4-7,9,16H,2-3,8H2,1H3. The Morgan fingerprint density at radius 2 is 2.00 bits per heavy atom. The van der Waals surface area contributed by atoms with E-state index in [1.807, 2.05) is 6.07 Å². The largest absolute Gasteiger partial charge is 0.507 e. The van der Waals surface area contributed by atoms with Crippen LogP contribution in [0, 0.1) is 0 Å². The van der Waals surface area contributed by atoms with Crippen molar-refractivity contribution in [2.45, 2.75) is 19.8 Å². The van der Waals surface area contributed by atoms with Crippen LogP contribution in [-0.4, -0.2) is 11.7 Å². The number of halogens is 1. The Hall–Kier alpha value is -1.41. The summed E-state index contributed by atoms with van der Waals surface area (Å²) in [7, 11) is 0. The average molecular weight is 251 g/mol. The molecule has 0 aliphatic carbocycles. The Morgan fingerprint density at radius 1 is 1.18 bits per heavy atom. The molecule has 3 heteroatoms. The summed E-state index contributed by atoms with van der Waals surface area (Å²) in [5.74, 6) is 1.02. The molecule has 2 aromatic rings. The van der Waals surface area contributed by atoms with Crippen molar-refractivity contribution in [2.75, 3.05) is 6.61 Å². The van der Waals surface area contributed by atoms with Gasteiger partial charge in [0.1, 0.15) is 11.5 Å². The van der Waals surface area contributed by atoms with Crippen LogP contribution in [0.2, 0.25) is 5.02 Å². The Balaban J connectivity index is 2.41. The van der Waals surface area contributed by atoms with Crippen LogP contribution in [0.25, 0.3) is 10.8 Å². The summed E-state index contributed by atoms with van der Waals surface area (Å²) >= 11 is 5.97. The lowest BCUT2D eigenvalue weighted by atomic mass is 10.1. The third-order valence-electron chi connectivity index (χ3n) is 2.67. The molecule has 0 bridgehead atoms. The molecule has 0 aromatic heterocycles. The second kappa shape index (κ2) is 5.28. The van der Waals surface area contributed by atoms with E-state index in [4.69, 9.17) is 16.3 Å². The number of phenolic OH excluding ortho intramolecular Hbond substituents is 1. The van der Waals surface area contributed by atoms with E-state index in [9.17, 15) is 5.11 Å². The average Bonchev–Trinajstić information content (AvgIpc) is 2.32. The quantitative estimate of drug-likeness (QED) is 0.816. The van der Waals surface area contributed by atoms with Crippen LogP contribution >= 0.6 is 11.6 Å². The molecule has 2 rings (SSSR count). The highest BCUT2D eigenvalue weighted by atomic mass is 35.5. The maximum absolute atomic E-state index is 9.76. The molecular formula is C14H15ClO2. The summed E-state index contributed by atoms with van der Waals surface area (Å²) in [5, 5.41) is 12.0. The summed E-state index contributed by atoms with van der Waals surface area (Å²) in [6.45, 7) is 2.80. The van der Waals surface area contributed by atoms with Crippen LogP contribution in [0.3, 0.4) is 0 Å². The molecule has 1 N–H and O–H groups in total. The first-order chi connectivity index (χ1) is 8.22. The van der Waals surface area contributed by atoms with Gasteiger partial charge in [0.15, 0.2) is 0 Å². The van der Waals surface area contributed by atoms with Crippen molar-refractivity contribution >= 4 is 22.4 Å². The van der Waals surface area contributed by atoms with Crippen molar-refractivity contribution in [2.24, 2.45) is 0 Å². The molecule has 0 saturated carbocycles. The molecule has 0 amide bonds. The predicted octanol–water partition coefficient (Wildman–Crippen LogP) is 4.38. The van der Waals surface area contributed by atoms with Gasteiger partial charge in [0.05, 0.1) is 6.61 Å². The van der Waals surface area contributed by atoms with E-state index in [-0.39, 0.29) is 5.75 Å². The van der Waals surface area contributed by atoms with Crippen LogP contribution in [0.4, 0.5) is 0 Å². The zero-order valence-corrected chi connectivity index (χ0v) is 10.5. The van der Waals surface area contributed by atoms with Gasteiger partial charge in [-0.3, -0.25) is 0 Å². The van der Waals surface area contributed by atoms with Crippen molar-refractivity contribution in [3.63, 3.8) is 0 Å². The van der Waals surface area contributed by atoms with Gasteiger partial charge in [0.25, 0.3) is 0 Å². The fourth-order valence-corrected chi connectivity index (χ4v) is 1.90. The lowest BCUT2D eigenvalue weighted by Gasteiger charge is -2.10. The molecule has 0 aliphatic heterocycles. The number of fused-ring (bicyclic) bond motifs is 1. The number of benzene rings is 2. The van der Waals surface area contributed by atoms with Crippen LogP contribution in [0.1, 0.15) is 19.8 Å². The molecular weight excluding hydrogens is 236 g/mol. The van der Waals surface area contributed by atoms with Gasteiger partial charge in [-0.1, -0.05) is 24.9 Å². The topological polar surface area (TPSA) is 29.5 Å². The van der Waals surface area contributed by atoms with E-state index >= 15 is 0 Å². The highest BCUT2D eigenvalue weighted by molar-refractivity contribution is 6.31. The molecule has 0 spiro atoms. The Labute approximate surface area is 106 Å². The molecule has 0 radical (unpaired) electrons. The van der Waals surface area contributed by atoms with Gasteiger partial charge in [0.2, 0.25) is 0 Å². The number of hydrogen-bond donors (Lipinski definition) is 1. The minimum Gasteiger partial charge on any atom is -0.507 e. The first-order valence-corrected chi connectivity index (χ1v) is 6.14. The van der Waals surface area contributed by atoms with Gasteiger partial charge in [-0.15, -0.1) is 0 Å². The van der Waals surface area contributed by atoms with E-state index in [1.165, 1.54) is 0 Å². The van der Waals surface area contributed by atoms with Gasteiger partial charge >= 0.3 is 0 Å². The Morgan fingerprint density at radius 3 is 2.76 bits per heavy atom. The predicted molar refractivity (Wildman–Crippen MR) is 71.0 cm³/mol. The fourth-order valence-electron chi connectivity index (χ4n) is 1.73. The number of phenols is 1. The lowest BCUT2D eigenvalue weighted by Crippen LogP contribution is -1.97. The normalized spacial score (nSPS) is 10.7. The molecule has 0 fully saturated rings. The van der Waals surface area contributed by atoms with Gasteiger partial charge in [-0.2, -0.15) is 0 Å². The lowest BCUT2D eigenvalue weighted by molar-refractivity contribution is 0.312. The smallest absolute Gasteiger partial charge is 0.127 e. The number of hydrogen-bond acceptors (Lipinski definition) is 2. The summed E-state index contributed by atoms with van der Waals surface area (Å²) in [6, 6.07) is 8.82. The highest BCUT2D eigenvalue weighted by Crippen LogP contribution is 2.34. The SMILES string of the molecule is CCCCOc1ccc(O)c2ccc(Cl)cc12. The van der Waals surface area contributed by atoms with Crippen molar-refractivity contribution < 1.29 is 9.84 Å². The number of rotatable bonds is 4. The Bertz CT molecular complexity index is 523. The zero-order chi connectivity index (χ0) is 12.3. The van der Waals surface area contributed by atoms with Crippen LogP contribution in [0.15, 0.2) is 30.3 Å². The van der Waals surface area contributed by atoms with E-state index in [0.717, 1.165) is 29.4 Å². The maximum Gasteiger partial charge on any atom is 0.127 e. The summed E-state index contributed by atoms with van der Waals surface area (Å²) in [5.41, 5.74) is 0. The summed E-state index contributed by atoms with van der Waals surface area (Å²) in [6.07, 6.45) is 2.11. The first kappa shape index (κ1) is 12.1. The summed E-state index contributed by atoms with van der Waals surface area (Å²) < 4.78 is 5.70. The molecule has 90 valence electrons. The number of aromatic hydroxyl groups is 1. The van der Waals surface area contributed by atoms with Gasteiger partial charge in [-0.25, -0.2) is 0 Å². The van der Waals surface area contributed by atoms with Gasteiger partial charge < -0.3 is 9.84 Å². The Kier molecular flexibility index (Phi) is 3.75. The molecule has 17 heavy (non-hydrogen) atoms. The maximum atomic E-state index is 9.76. The van der Waals surface area contributed by atoms with Gasteiger partial charge in [-0.05, 0) is 36.8 Å². The van der Waals surface area contributed by atoms with Crippen molar-refractivity contribution in [3.8, 4) is 11.5 Å². The summed E-state index contributed by atoms with van der Waals surface area (Å²) in [4.78, 5) is 0. The van der Waals surface area contributed by atoms with Crippen LogP contribution in [0.5, 0.6) is 11.5 Å². The second-order valence-corrected chi connectivity index (χ2v) is 4.41. The van der Waals surface area contributed by atoms with Crippen molar-refractivity contribution in [1.29, 1.82) is 0 Å². The number of unbranched alkanes of at least 4 members (excludes halogenated alkanes) is 1. The molecule has 2 aromatic carbocycles. The fraction of sp³-hybridized carbons (Fsp3) is 0.286. The molecule has 0 atom stereocenters. The van der Waals surface area contributed by atoms with E-state index in [2.05, 4.69) is 6.92 Å². The first-order valence-electron chi connectivity index (χ1n) is 5.76. The minimum atomic E-state index is 0.250. The molecule has 0 aliphatic rings. The number of ether oxygens (including phenoxy) is 1. The third kappa shape index (κ3) is 2.64. The molecule has 2 nitrogen and oxygen atoms in total. The van der Waals surface area contributed by atoms with Crippen LogP contribution < -0.4 is 4.74 Å². The highest BCUT2D eigenvalue weighted by Gasteiger charge is 2.06. The van der Waals surface area contributed by atoms with E-state index in [0.29, 0.717) is 11.6 Å².